The molecular formula is C15H15F3N2O5. The third-order valence-corrected chi connectivity index (χ3v) is 3.33. The third kappa shape index (κ3) is 4.41. The lowest BCUT2D eigenvalue weighted by molar-refractivity contribution is -0.274. The van der Waals surface area contributed by atoms with Crippen LogP contribution in [0.1, 0.15) is 0 Å². The van der Waals surface area contributed by atoms with Crippen molar-refractivity contribution >= 4 is 17.6 Å². The van der Waals surface area contributed by atoms with Crippen LogP contribution in [0, 0.1) is 0 Å². The summed E-state index contributed by atoms with van der Waals surface area (Å²) in [6.45, 7) is -0.497. The van der Waals surface area contributed by atoms with Gasteiger partial charge in [0.2, 0.25) is 0 Å². The summed E-state index contributed by atoms with van der Waals surface area (Å²) in [6.07, 6.45) is -4.92. The second kappa shape index (κ2) is 7.43. The van der Waals surface area contributed by atoms with Gasteiger partial charge in [-0.1, -0.05) is 12.1 Å². The van der Waals surface area contributed by atoms with E-state index in [-0.39, 0.29) is 36.7 Å². The number of aliphatic hydroxyl groups is 1. The number of β-amino-alcohol motifs (C(OH)–C–C–N with tert-alkyl or cyclic N) is 1. The largest absolute Gasteiger partial charge is 0.573 e. The second-order valence-corrected chi connectivity index (χ2v) is 4.96. The molecule has 25 heavy (non-hydrogen) atoms. The third-order valence-electron chi connectivity index (χ3n) is 3.33. The van der Waals surface area contributed by atoms with Crippen molar-refractivity contribution in [3.8, 4) is 5.75 Å². The van der Waals surface area contributed by atoms with E-state index < -0.39 is 24.0 Å². The van der Waals surface area contributed by atoms with Gasteiger partial charge < -0.3 is 24.8 Å². The summed E-state index contributed by atoms with van der Waals surface area (Å²) < 4.78 is 46.0. The van der Waals surface area contributed by atoms with Gasteiger partial charge in [0.25, 0.3) is 5.91 Å². The first kappa shape index (κ1) is 18.6. The Kier molecular flexibility index (Phi) is 5.52. The number of nitrogens with one attached hydrogen (secondary N) is 1. The Morgan fingerprint density at radius 2 is 2.04 bits per heavy atom. The molecule has 0 saturated carbocycles. The summed E-state index contributed by atoms with van der Waals surface area (Å²) >= 11 is 0. The van der Waals surface area contributed by atoms with Crippen molar-refractivity contribution < 1.29 is 37.3 Å². The number of hydrogen-bond acceptors (Lipinski definition) is 6. The van der Waals surface area contributed by atoms with Crippen LogP contribution in [-0.4, -0.2) is 55.1 Å². The minimum atomic E-state index is -4.92. The van der Waals surface area contributed by atoms with Crippen molar-refractivity contribution in [2.24, 2.45) is 0 Å². The fraction of sp³-hybridized carbons (Fsp3) is 0.333. The number of benzene rings is 1. The van der Waals surface area contributed by atoms with E-state index in [2.05, 4.69) is 14.8 Å². The maximum absolute atomic E-state index is 12.5. The average Bonchev–Trinajstić information content (AvgIpc) is 2.84. The normalized spacial score (nSPS) is 14.8. The first-order valence-corrected chi connectivity index (χ1v) is 7.10. The van der Waals surface area contributed by atoms with E-state index in [1.54, 1.807) is 0 Å². The molecule has 7 nitrogen and oxygen atoms in total. The van der Waals surface area contributed by atoms with Crippen LogP contribution >= 0.6 is 0 Å². The number of anilines is 1. The standard InChI is InChI=1S/C15H15F3N2O5/c1-24-14(23)9-8-20(6-7-21)13(22)12(9)19-10-4-2-3-5-11(10)25-15(16,17)18/h2-5,19,21H,6-8H2,1H3. The van der Waals surface area contributed by atoms with Gasteiger partial charge in [-0.2, -0.15) is 0 Å². The summed E-state index contributed by atoms with van der Waals surface area (Å²) in [5.74, 6) is -2.00. The quantitative estimate of drug-likeness (QED) is 0.743. The van der Waals surface area contributed by atoms with Crippen LogP contribution in [0.25, 0.3) is 0 Å². The molecule has 1 heterocycles. The summed E-state index contributed by atoms with van der Waals surface area (Å²) in [7, 11) is 1.12. The number of para-hydroxylation sites is 2. The lowest BCUT2D eigenvalue weighted by atomic mass is 10.2. The molecule has 0 spiro atoms. The highest BCUT2D eigenvalue weighted by Crippen LogP contribution is 2.32. The van der Waals surface area contributed by atoms with Gasteiger partial charge in [0, 0.05) is 6.54 Å². The van der Waals surface area contributed by atoms with Crippen LogP contribution < -0.4 is 10.1 Å². The minimum Gasteiger partial charge on any atom is -0.466 e. The van der Waals surface area contributed by atoms with Crippen molar-refractivity contribution in [1.29, 1.82) is 0 Å². The Labute approximate surface area is 140 Å². The average molecular weight is 360 g/mol. The number of aliphatic hydroxyl groups excluding tert-OH is 1. The van der Waals surface area contributed by atoms with Gasteiger partial charge in [0.15, 0.2) is 5.75 Å². The number of halogens is 3. The maximum atomic E-state index is 12.5. The second-order valence-electron chi connectivity index (χ2n) is 4.96. The number of carbonyl (C=O) groups is 2. The van der Waals surface area contributed by atoms with Gasteiger partial charge in [-0.25, -0.2) is 4.79 Å². The molecule has 0 bridgehead atoms. The Morgan fingerprint density at radius 1 is 1.36 bits per heavy atom. The molecule has 1 aromatic carbocycles. The van der Waals surface area contributed by atoms with E-state index in [0.29, 0.717) is 0 Å². The van der Waals surface area contributed by atoms with E-state index >= 15 is 0 Å². The fourth-order valence-electron chi connectivity index (χ4n) is 2.27. The number of nitrogens with zero attached hydrogens (tertiary/aromatic N) is 1. The molecule has 1 aromatic rings. The molecular weight excluding hydrogens is 345 g/mol. The van der Waals surface area contributed by atoms with Crippen LogP contribution in [0.3, 0.4) is 0 Å². The molecule has 0 unspecified atom stereocenters. The molecule has 1 amide bonds. The SMILES string of the molecule is COC(=O)C1=C(Nc2ccccc2OC(F)(F)F)C(=O)N(CCO)C1. The topological polar surface area (TPSA) is 88.1 Å². The Morgan fingerprint density at radius 3 is 2.64 bits per heavy atom. The molecule has 10 heteroatoms. The Balaban J connectivity index is 2.36. The molecule has 0 atom stereocenters. The minimum absolute atomic E-state index is 0.0365. The van der Waals surface area contributed by atoms with Gasteiger partial charge >= 0.3 is 12.3 Å². The molecule has 0 aliphatic carbocycles. The first-order valence-electron chi connectivity index (χ1n) is 7.10. The first-order chi connectivity index (χ1) is 11.8. The smallest absolute Gasteiger partial charge is 0.466 e. The van der Waals surface area contributed by atoms with Gasteiger partial charge in [0.1, 0.15) is 5.70 Å². The maximum Gasteiger partial charge on any atom is 0.573 e. The Hall–Kier alpha value is -2.75. The number of hydrogen-bond donors (Lipinski definition) is 2. The van der Waals surface area contributed by atoms with Gasteiger partial charge in [-0.15, -0.1) is 13.2 Å². The number of alkyl halides is 3. The molecule has 1 aliphatic heterocycles. The molecule has 0 radical (unpaired) electrons. The zero-order chi connectivity index (χ0) is 18.6. The summed E-state index contributed by atoms with van der Waals surface area (Å²) in [5, 5.41) is 11.5. The van der Waals surface area contributed by atoms with Gasteiger partial charge in [-0.05, 0) is 12.1 Å². The fourth-order valence-corrected chi connectivity index (χ4v) is 2.27. The number of methoxy groups -OCH3 is 1. The molecule has 2 rings (SSSR count). The molecule has 0 fully saturated rings. The predicted octanol–water partition coefficient (Wildman–Crippen LogP) is 1.26. The molecule has 1 aliphatic rings. The molecule has 0 aromatic heterocycles. The van der Waals surface area contributed by atoms with Crippen molar-refractivity contribution in [2.75, 3.05) is 32.1 Å². The van der Waals surface area contributed by atoms with Crippen LogP contribution in [-0.2, 0) is 14.3 Å². The lowest BCUT2D eigenvalue weighted by Gasteiger charge is -2.16. The van der Waals surface area contributed by atoms with Crippen LogP contribution in [0.15, 0.2) is 35.5 Å². The van der Waals surface area contributed by atoms with Crippen molar-refractivity contribution in [3.05, 3.63) is 35.5 Å². The van der Waals surface area contributed by atoms with Crippen molar-refractivity contribution in [3.63, 3.8) is 0 Å². The van der Waals surface area contributed by atoms with Crippen LogP contribution in [0.2, 0.25) is 0 Å². The van der Waals surface area contributed by atoms with Crippen LogP contribution in [0.5, 0.6) is 5.75 Å². The van der Waals surface area contributed by atoms with Crippen LogP contribution in [0.4, 0.5) is 18.9 Å². The van der Waals surface area contributed by atoms with E-state index in [4.69, 9.17) is 5.11 Å². The van der Waals surface area contributed by atoms with E-state index in [1.807, 2.05) is 0 Å². The number of ether oxygens (including phenoxy) is 2. The monoisotopic (exact) mass is 360 g/mol. The number of amides is 1. The number of rotatable bonds is 6. The molecule has 0 saturated heterocycles. The number of carbonyl (C=O) groups excluding carboxylic acids is 2. The molecule has 136 valence electrons. The highest BCUT2D eigenvalue weighted by molar-refractivity contribution is 6.08. The van der Waals surface area contributed by atoms with E-state index in [1.165, 1.54) is 23.1 Å². The zero-order valence-corrected chi connectivity index (χ0v) is 13.1. The summed E-state index contributed by atoms with van der Waals surface area (Å²) in [6, 6.07) is 5.11. The lowest BCUT2D eigenvalue weighted by Crippen LogP contribution is -2.31. The van der Waals surface area contributed by atoms with E-state index in [0.717, 1.165) is 13.2 Å². The van der Waals surface area contributed by atoms with Gasteiger partial charge in [0.05, 0.1) is 31.5 Å². The van der Waals surface area contributed by atoms with Crippen molar-refractivity contribution in [1.82, 2.24) is 4.90 Å². The van der Waals surface area contributed by atoms with Crippen molar-refractivity contribution in [2.45, 2.75) is 6.36 Å². The number of esters is 1. The highest BCUT2D eigenvalue weighted by atomic mass is 19.4. The Bertz CT molecular complexity index is 703. The predicted molar refractivity (Wildman–Crippen MR) is 79.5 cm³/mol. The van der Waals surface area contributed by atoms with Gasteiger partial charge in [-0.3, -0.25) is 4.79 Å². The summed E-state index contributed by atoms with van der Waals surface area (Å²) in [5.41, 5.74) is -0.420. The molecule has 2 N–H and O–H groups in total. The highest BCUT2D eigenvalue weighted by Gasteiger charge is 2.36. The van der Waals surface area contributed by atoms with E-state index in [9.17, 15) is 22.8 Å². The summed E-state index contributed by atoms with van der Waals surface area (Å²) in [4.78, 5) is 25.4. The zero-order valence-electron chi connectivity index (χ0n) is 13.1.